The van der Waals surface area contributed by atoms with Gasteiger partial charge in [-0.3, -0.25) is 4.79 Å². The quantitative estimate of drug-likeness (QED) is 0.691. The molecule has 0 fully saturated rings. The van der Waals surface area contributed by atoms with Crippen molar-refractivity contribution < 1.29 is 19.1 Å². The van der Waals surface area contributed by atoms with E-state index in [1.807, 2.05) is 25.1 Å². The second-order valence-corrected chi connectivity index (χ2v) is 5.72. The molecule has 7 nitrogen and oxygen atoms in total. The summed E-state index contributed by atoms with van der Waals surface area (Å²) in [7, 11) is 0. The van der Waals surface area contributed by atoms with Crippen molar-refractivity contribution in [3.05, 3.63) is 23.8 Å². The van der Waals surface area contributed by atoms with Gasteiger partial charge >= 0.3 is 6.03 Å². The Labute approximate surface area is 142 Å². The topological polar surface area (TPSA) is 88.7 Å². The van der Waals surface area contributed by atoms with Crippen LogP contribution >= 0.6 is 0 Å². The molecule has 1 aliphatic rings. The van der Waals surface area contributed by atoms with Crippen LogP contribution in [0.15, 0.2) is 18.2 Å². The third-order valence-electron chi connectivity index (χ3n) is 3.63. The van der Waals surface area contributed by atoms with Gasteiger partial charge in [-0.25, -0.2) is 4.79 Å². The van der Waals surface area contributed by atoms with E-state index in [1.54, 1.807) is 0 Å². The van der Waals surface area contributed by atoms with Crippen LogP contribution in [0.3, 0.4) is 0 Å². The molecule has 132 valence electrons. The van der Waals surface area contributed by atoms with Crippen molar-refractivity contribution in [1.29, 1.82) is 0 Å². The van der Waals surface area contributed by atoms with Gasteiger partial charge in [-0.2, -0.15) is 0 Å². The Bertz CT molecular complexity index is 577. The van der Waals surface area contributed by atoms with Crippen LogP contribution in [-0.2, 0) is 4.79 Å². The summed E-state index contributed by atoms with van der Waals surface area (Å²) in [5.74, 6) is 1.39. The number of carbonyl (C=O) groups excluding carboxylic acids is 2. The molecule has 0 saturated carbocycles. The number of rotatable bonds is 6. The minimum atomic E-state index is -0.238. The fourth-order valence-electron chi connectivity index (χ4n) is 2.33. The summed E-state index contributed by atoms with van der Waals surface area (Å²) in [6, 6.07) is 5.31. The molecule has 3 amide bonds. The summed E-state index contributed by atoms with van der Waals surface area (Å²) in [4.78, 5) is 22.6. The molecule has 0 radical (unpaired) electrons. The molecule has 7 heteroatoms. The number of ether oxygens (including phenoxy) is 2. The van der Waals surface area contributed by atoms with Crippen LogP contribution in [0.25, 0.3) is 0 Å². The molecule has 1 atom stereocenters. The molecule has 1 heterocycles. The molecule has 1 aliphatic heterocycles. The summed E-state index contributed by atoms with van der Waals surface area (Å²) in [5.41, 5.74) is 0.952. The third kappa shape index (κ3) is 5.64. The van der Waals surface area contributed by atoms with Crippen molar-refractivity contribution in [1.82, 2.24) is 16.0 Å². The number of carbonyl (C=O) groups is 2. The van der Waals surface area contributed by atoms with Crippen LogP contribution in [0.1, 0.15) is 38.3 Å². The molecule has 3 N–H and O–H groups in total. The molecule has 2 rings (SSSR count). The monoisotopic (exact) mass is 335 g/mol. The lowest BCUT2D eigenvalue weighted by molar-refractivity contribution is -0.118. The van der Waals surface area contributed by atoms with Crippen molar-refractivity contribution >= 4 is 11.9 Å². The fourth-order valence-corrected chi connectivity index (χ4v) is 2.33. The second-order valence-electron chi connectivity index (χ2n) is 5.72. The Morgan fingerprint density at radius 3 is 2.58 bits per heavy atom. The highest BCUT2D eigenvalue weighted by atomic mass is 16.5. The van der Waals surface area contributed by atoms with Gasteiger partial charge in [0.1, 0.15) is 0 Å². The van der Waals surface area contributed by atoms with Gasteiger partial charge in [-0.05, 0) is 31.0 Å². The summed E-state index contributed by atoms with van der Waals surface area (Å²) in [6.07, 6.45) is 1.55. The molecule has 0 unspecified atom stereocenters. The third-order valence-corrected chi connectivity index (χ3v) is 3.63. The van der Waals surface area contributed by atoms with Gasteiger partial charge in [0.2, 0.25) is 5.91 Å². The predicted molar refractivity (Wildman–Crippen MR) is 90.3 cm³/mol. The normalized spacial score (nSPS) is 14.2. The summed E-state index contributed by atoms with van der Waals surface area (Å²) >= 11 is 0. The Morgan fingerprint density at radius 2 is 1.83 bits per heavy atom. The molecule has 0 saturated heterocycles. The average Bonchev–Trinajstić information content (AvgIpc) is 2.78. The van der Waals surface area contributed by atoms with Gasteiger partial charge in [0.15, 0.2) is 11.5 Å². The largest absolute Gasteiger partial charge is 0.490 e. The van der Waals surface area contributed by atoms with E-state index in [0.29, 0.717) is 32.7 Å². The van der Waals surface area contributed by atoms with Gasteiger partial charge in [0.05, 0.1) is 19.3 Å². The van der Waals surface area contributed by atoms with E-state index in [0.717, 1.165) is 23.5 Å². The number of hydrogen-bond acceptors (Lipinski definition) is 4. The van der Waals surface area contributed by atoms with E-state index in [4.69, 9.17) is 9.47 Å². The van der Waals surface area contributed by atoms with E-state index in [2.05, 4.69) is 16.0 Å². The Hall–Kier alpha value is -2.44. The van der Waals surface area contributed by atoms with E-state index in [1.165, 1.54) is 6.92 Å². The second kappa shape index (κ2) is 9.00. The zero-order chi connectivity index (χ0) is 17.4. The number of amides is 3. The number of benzene rings is 1. The predicted octanol–water partition coefficient (Wildman–Crippen LogP) is 1.73. The molecule has 24 heavy (non-hydrogen) atoms. The van der Waals surface area contributed by atoms with Crippen LogP contribution in [0.2, 0.25) is 0 Å². The minimum absolute atomic E-state index is 0.0671. The maximum atomic E-state index is 11.9. The molecule has 0 spiro atoms. The first-order chi connectivity index (χ1) is 11.6. The van der Waals surface area contributed by atoms with Gasteiger partial charge < -0.3 is 25.4 Å². The molecular weight excluding hydrogens is 310 g/mol. The first kappa shape index (κ1) is 17.9. The van der Waals surface area contributed by atoms with E-state index in [-0.39, 0.29) is 18.0 Å². The highest BCUT2D eigenvalue weighted by molar-refractivity contribution is 5.74. The lowest BCUT2D eigenvalue weighted by atomic mass is 10.1. The zero-order valence-electron chi connectivity index (χ0n) is 14.2. The Balaban J connectivity index is 1.79. The van der Waals surface area contributed by atoms with Gasteiger partial charge in [0.25, 0.3) is 0 Å². The fraction of sp³-hybridized carbons (Fsp3) is 0.529. The van der Waals surface area contributed by atoms with E-state index < -0.39 is 0 Å². The maximum absolute atomic E-state index is 11.9. The standard InChI is InChI=1S/C17H25N3O4/c1-12(20-17(22)19-8-3-7-18-13(2)21)14-5-6-15-16(11-14)24-10-4-9-23-15/h5-6,11-12H,3-4,7-10H2,1-2H3,(H,18,21)(H2,19,20,22)/t12-/m0/s1. The summed E-state index contributed by atoms with van der Waals surface area (Å²) in [5, 5.41) is 8.34. The van der Waals surface area contributed by atoms with Gasteiger partial charge in [-0.15, -0.1) is 0 Å². The molecule has 0 aliphatic carbocycles. The maximum Gasteiger partial charge on any atom is 0.315 e. The SMILES string of the molecule is CC(=O)NCCCNC(=O)N[C@@H](C)c1ccc2c(c1)OCCCO2. The van der Waals surface area contributed by atoms with Crippen LogP contribution in [-0.4, -0.2) is 38.2 Å². The van der Waals surface area contributed by atoms with Gasteiger partial charge in [0, 0.05) is 26.4 Å². The Morgan fingerprint density at radius 1 is 1.12 bits per heavy atom. The van der Waals surface area contributed by atoms with Crippen molar-refractivity contribution in [2.24, 2.45) is 0 Å². The van der Waals surface area contributed by atoms with Gasteiger partial charge in [-0.1, -0.05) is 6.07 Å². The van der Waals surface area contributed by atoms with Crippen LogP contribution in [0.5, 0.6) is 11.5 Å². The molecular formula is C17H25N3O4. The minimum Gasteiger partial charge on any atom is -0.490 e. The number of urea groups is 1. The highest BCUT2D eigenvalue weighted by Crippen LogP contribution is 2.32. The summed E-state index contributed by atoms with van der Waals surface area (Å²) < 4.78 is 11.3. The number of hydrogen-bond donors (Lipinski definition) is 3. The van der Waals surface area contributed by atoms with Crippen molar-refractivity contribution in [3.63, 3.8) is 0 Å². The number of nitrogens with one attached hydrogen (secondary N) is 3. The first-order valence-corrected chi connectivity index (χ1v) is 8.24. The summed E-state index contributed by atoms with van der Waals surface area (Å²) in [6.45, 7) is 5.72. The van der Waals surface area contributed by atoms with Crippen molar-refractivity contribution in [3.8, 4) is 11.5 Å². The highest BCUT2D eigenvalue weighted by Gasteiger charge is 2.14. The smallest absolute Gasteiger partial charge is 0.315 e. The van der Waals surface area contributed by atoms with E-state index in [9.17, 15) is 9.59 Å². The van der Waals surface area contributed by atoms with Crippen LogP contribution in [0.4, 0.5) is 4.79 Å². The van der Waals surface area contributed by atoms with Crippen LogP contribution < -0.4 is 25.4 Å². The lowest BCUT2D eigenvalue weighted by Crippen LogP contribution is -2.38. The molecule has 1 aromatic carbocycles. The van der Waals surface area contributed by atoms with E-state index >= 15 is 0 Å². The van der Waals surface area contributed by atoms with Crippen molar-refractivity contribution in [2.75, 3.05) is 26.3 Å². The molecule has 1 aromatic rings. The zero-order valence-corrected chi connectivity index (χ0v) is 14.2. The first-order valence-electron chi connectivity index (χ1n) is 8.24. The number of fused-ring (bicyclic) bond motifs is 1. The molecule has 0 aromatic heterocycles. The lowest BCUT2D eigenvalue weighted by Gasteiger charge is -2.17. The average molecular weight is 335 g/mol. The molecule has 0 bridgehead atoms. The van der Waals surface area contributed by atoms with Crippen molar-refractivity contribution in [2.45, 2.75) is 32.7 Å². The Kier molecular flexibility index (Phi) is 6.72. The van der Waals surface area contributed by atoms with Crippen LogP contribution in [0, 0.1) is 0 Å².